The standard InChI is InChI=1S/C22H29N3O4S/c1-14-19(30-13-24-14)15-8-9-16(18(11-15)28-5)12-23-20(26)17-7-6-10-25(17)21(27)29-22(2,3)4/h8-9,11,13,17H,6-7,10,12H2,1-5H3,(H,23,26)/t17-/m0/s1. The number of methoxy groups -OCH3 is 1. The van der Waals surface area contributed by atoms with Crippen LogP contribution in [-0.4, -0.2) is 47.2 Å². The maximum absolute atomic E-state index is 12.8. The van der Waals surface area contributed by atoms with Crippen molar-refractivity contribution in [3.63, 3.8) is 0 Å². The lowest BCUT2D eigenvalue weighted by Crippen LogP contribution is -2.47. The van der Waals surface area contributed by atoms with E-state index in [4.69, 9.17) is 9.47 Å². The molecule has 1 N–H and O–H groups in total. The molecule has 1 aromatic carbocycles. The Kier molecular flexibility index (Phi) is 6.65. The summed E-state index contributed by atoms with van der Waals surface area (Å²) in [5, 5.41) is 2.95. The van der Waals surface area contributed by atoms with E-state index >= 15 is 0 Å². The van der Waals surface area contributed by atoms with Gasteiger partial charge in [-0.15, -0.1) is 11.3 Å². The number of nitrogens with zero attached hydrogens (tertiary/aromatic N) is 2. The molecule has 7 nitrogen and oxygen atoms in total. The maximum Gasteiger partial charge on any atom is 0.410 e. The number of amides is 2. The average Bonchev–Trinajstić information content (AvgIpc) is 3.33. The molecule has 0 bridgehead atoms. The molecule has 2 heterocycles. The fourth-order valence-electron chi connectivity index (χ4n) is 3.49. The van der Waals surface area contributed by atoms with Gasteiger partial charge < -0.3 is 14.8 Å². The van der Waals surface area contributed by atoms with Gasteiger partial charge in [0.05, 0.1) is 23.2 Å². The lowest BCUT2D eigenvalue weighted by atomic mass is 10.1. The van der Waals surface area contributed by atoms with Crippen LogP contribution in [0.4, 0.5) is 4.79 Å². The summed E-state index contributed by atoms with van der Waals surface area (Å²) >= 11 is 1.58. The molecule has 0 aliphatic carbocycles. The van der Waals surface area contributed by atoms with Gasteiger partial charge in [-0.2, -0.15) is 0 Å². The molecule has 0 radical (unpaired) electrons. The Hall–Kier alpha value is -2.61. The van der Waals surface area contributed by atoms with Crippen molar-refractivity contribution >= 4 is 23.3 Å². The van der Waals surface area contributed by atoms with Crippen molar-refractivity contribution in [3.05, 3.63) is 35.0 Å². The van der Waals surface area contributed by atoms with Gasteiger partial charge in [-0.05, 0) is 52.2 Å². The molecule has 2 aromatic rings. The number of thiazole rings is 1. The number of aryl methyl sites for hydroxylation is 1. The molecule has 2 amide bonds. The zero-order valence-corrected chi connectivity index (χ0v) is 19.0. The van der Waals surface area contributed by atoms with E-state index in [0.717, 1.165) is 28.1 Å². The largest absolute Gasteiger partial charge is 0.496 e. The molecule has 1 aliphatic rings. The van der Waals surface area contributed by atoms with E-state index in [0.29, 0.717) is 25.3 Å². The predicted octanol–water partition coefficient (Wildman–Crippen LogP) is 4.14. The van der Waals surface area contributed by atoms with Crippen LogP contribution in [0.1, 0.15) is 44.9 Å². The van der Waals surface area contributed by atoms with Crippen molar-refractivity contribution in [2.75, 3.05) is 13.7 Å². The number of aromatic nitrogens is 1. The summed E-state index contributed by atoms with van der Waals surface area (Å²) in [5.41, 5.74) is 4.12. The van der Waals surface area contributed by atoms with Crippen LogP contribution in [0.5, 0.6) is 5.75 Å². The van der Waals surface area contributed by atoms with Crippen LogP contribution in [0.15, 0.2) is 23.7 Å². The number of likely N-dealkylation sites (tertiary alicyclic amines) is 1. The van der Waals surface area contributed by atoms with Crippen molar-refractivity contribution in [1.29, 1.82) is 0 Å². The normalized spacial score (nSPS) is 16.4. The van der Waals surface area contributed by atoms with Crippen LogP contribution in [0.3, 0.4) is 0 Å². The SMILES string of the molecule is COc1cc(-c2scnc2C)ccc1CNC(=O)[C@@H]1CCCN1C(=O)OC(C)(C)C. The summed E-state index contributed by atoms with van der Waals surface area (Å²) in [5.74, 6) is 0.527. The minimum Gasteiger partial charge on any atom is -0.496 e. The summed E-state index contributed by atoms with van der Waals surface area (Å²) in [7, 11) is 1.62. The zero-order chi connectivity index (χ0) is 21.9. The van der Waals surface area contributed by atoms with Gasteiger partial charge in [0, 0.05) is 18.7 Å². The molecule has 1 saturated heterocycles. The lowest BCUT2D eigenvalue weighted by molar-refractivity contribution is -0.125. The highest BCUT2D eigenvalue weighted by Crippen LogP contribution is 2.32. The number of rotatable bonds is 5. The molecule has 3 rings (SSSR count). The predicted molar refractivity (Wildman–Crippen MR) is 117 cm³/mol. The fourth-order valence-corrected chi connectivity index (χ4v) is 4.29. The molecular weight excluding hydrogens is 402 g/mol. The summed E-state index contributed by atoms with van der Waals surface area (Å²) < 4.78 is 11.0. The van der Waals surface area contributed by atoms with E-state index in [-0.39, 0.29) is 5.91 Å². The monoisotopic (exact) mass is 431 g/mol. The molecule has 0 spiro atoms. The van der Waals surface area contributed by atoms with Crippen molar-refractivity contribution in [2.24, 2.45) is 0 Å². The minimum atomic E-state index is -0.591. The number of carbonyl (C=O) groups excluding carboxylic acids is 2. The molecule has 162 valence electrons. The van der Waals surface area contributed by atoms with E-state index in [1.165, 1.54) is 4.90 Å². The van der Waals surface area contributed by atoms with Crippen LogP contribution >= 0.6 is 11.3 Å². The first-order valence-corrected chi connectivity index (χ1v) is 10.9. The van der Waals surface area contributed by atoms with Crippen LogP contribution < -0.4 is 10.1 Å². The Morgan fingerprint density at radius 2 is 2.10 bits per heavy atom. The molecule has 0 unspecified atom stereocenters. The number of carbonyl (C=O) groups is 2. The van der Waals surface area contributed by atoms with E-state index in [1.54, 1.807) is 18.4 Å². The van der Waals surface area contributed by atoms with Gasteiger partial charge in [0.15, 0.2) is 0 Å². The number of hydrogen-bond donors (Lipinski definition) is 1. The van der Waals surface area contributed by atoms with Gasteiger partial charge in [0.25, 0.3) is 0 Å². The highest BCUT2D eigenvalue weighted by atomic mass is 32.1. The summed E-state index contributed by atoms with van der Waals surface area (Å²) in [6.07, 6.45) is 0.969. The van der Waals surface area contributed by atoms with Gasteiger partial charge in [0.2, 0.25) is 5.91 Å². The lowest BCUT2D eigenvalue weighted by Gasteiger charge is -2.28. The van der Waals surface area contributed by atoms with Crippen LogP contribution in [0, 0.1) is 6.92 Å². The highest BCUT2D eigenvalue weighted by Gasteiger charge is 2.36. The highest BCUT2D eigenvalue weighted by molar-refractivity contribution is 7.13. The van der Waals surface area contributed by atoms with E-state index in [2.05, 4.69) is 10.3 Å². The first-order valence-electron chi connectivity index (χ1n) is 10.0. The van der Waals surface area contributed by atoms with E-state index < -0.39 is 17.7 Å². The number of nitrogens with one attached hydrogen (secondary N) is 1. The average molecular weight is 432 g/mol. The fraction of sp³-hybridized carbons (Fsp3) is 0.500. The van der Waals surface area contributed by atoms with Crippen molar-refractivity contribution in [1.82, 2.24) is 15.2 Å². The second-order valence-electron chi connectivity index (χ2n) is 8.34. The quantitative estimate of drug-likeness (QED) is 0.769. The molecule has 8 heteroatoms. The molecule has 1 aromatic heterocycles. The first kappa shape index (κ1) is 22.1. The third kappa shape index (κ3) is 5.11. The molecule has 1 fully saturated rings. The van der Waals surface area contributed by atoms with Gasteiger partial charge in [-0.3, -0.25) is 9.69 Å². The van der Waals surface area contributed by atoms with Gasteiger partial charge in [0.1, 0.15) is 17.4 Å². The summed E-state index contributed by atoms with van der Waals surface area (Å²) in [6.45, 7) is 8.28. The third-order valence-corrected chi connectivity index (χ3v) is 5.91. The number of benzene rings is 1. The Bertz CT molecular complexity index is 919. The van der Waals surface area contributed by atoms with Gasteiger partial charge in [-0.1, -0.05) is 12.1 Å². The molecule has 1 aliphatic heterocycles. The topological polar surface area (TPSA) is 80.8 Å². The minimum absolute atomic E-state index is 0.178. The molecular formula is C22H29N3O4S. The maximum atomic E-state index is 12.8. The van der Waals surface area contributed by atoms with Gasteiger partial charge in [-0.25, -0.2) is 9.78 Å². The Balaban J connectivity index is 1.66. The van der Waals surface area contributed by atoms with Crippen molar-refractivity contribution < 1.29 is 19.1 Å². The van der Waals surface area contributed by atoms with Crippen LogP contribution in [-0.2, 0) is 16.1 Å². The molecule has 0 saturated carbocycles. The van der Waals surface area contributed by atoms with Crippen molar-refractivity contribution in [2.45, 2.75) is 58.7 Å². The van der Waals surface area contributed by atoms with Gasteiger partial charge >= 0.3 is 6.09 Å². The zero-order valence-electron chi connectivity index (χ0n) is 18.2. The third-order valence-electron chi connectivity index (χ3n) is 4.93. The Labute approximate surface area is 181 Å². The smallest absolute Gasteiger partial charge is 0.410 e. The Morgan fingerprint density at radius 3 is 2.73 bits per heavy atom. The summed E-state index contributed by atoms with van der Waals surface area (Å²) in [4.78, 5) is 32.1. The summed E-state index contributed by atoms with van der Waals surface area (Å²) in [6, 6.07) is 5.41. The van der Waals surface area contributed by atoms with Crippen LogP contribution in [0.25, 0.3) is 10.4 Å². The molecule has 1 atom stereocenters. The second kappa shape index (κ2) is 9.04. The Morgan fingerprint density at radius 1 is 1.33 bits per heavy atom. The first-order chi connectivity index (χ1) is 14.2. The van der Waals surface area contributed by atoms with E-state index in [1.807, 2.05) is 51.4 Å². The van der Waals surface area contributed by atoms with Crippen LogP contribution in [0.2, 0.25) is 0 Å². The second-order valence-corrected chi connectivity index (χ2v) is 9.20. The number of hydrogen-bond acceptors (Lipinski definition) is 6. The van der Waals surface area contributed by atoms with Crippen molar-refractivity contribution in [3.8, 4) is 16.2 Å². The molecule has 30 heavy (non-hydrogen) atoms. The number of ether oxygens (including phenoxy) is 2. The van der Waals surface area contributed by atoms with E-state index in [9.17, 15) is 9.59 Å².